The molecule has 0 saturated heterocycles. The van der Waals surface area contributed by atoms with Crippen LogP contribution in [0, 0.1) is 29.6 Å². The third-order valence-corrected chi connectivity index (χ3v) is 4.33. The van der Waals surface area contributed by atoms with Crippen LogP contribution in [0.5, 0.6) is 0 Å². The summed E-state index contributed by atoms with van der Waals surface area (Å²) in [5.74, 6) is 3.16. The van der Waals surface area contributed by atoms with Crippen molar-refractivity contribution in [1.82, 2.24) is 0 Å². The lowest BCUT2D eigenvalue weighted by molar-refractivity contribution is -0.0544. The van der Waals surface area contributed by atoms with E-state index in [2.05, 4.69) is 27.7 Å². The standard InChI is InChI=1S/C12H22O/c1-7(2)12(13,10-5-8(10)3)11-6-9(11)4/h7-11,13H,5-6H2,1-4H3. The van der Waals surface area contributed by atoms with Gasteiger partial charge in [0, 0.05) is 0 Å². The minimum Gasteiger partial charge on any atom is -0.389 e. The molecule has 0 amide bonds. The summed E-state index contributed by atoms with van der Waals surface area (Å²) < 4.78 is 0. The van der Waals surface area contributed by atoms with E-state index in [1.165, 1.54) is 12.8 Å². The molecular formula is C12H22O. The van der Waals surface area contributed by atoms with Crippen molar-refractivity contribution in [3.63, 3.8) is 0 Å². The van der Waals surface area contributed by atoms with Crippen LogP contribution in [0.25, 0.3) is 0 Å². The SMILES string of the molecule is CC1CC1C(O)(C(C)C)C1CC1C. The molecule has 1 heteroatoms. The molecule has 0 heterocycles. The molecule has 0 aromatic rings. The lowest BCUT2D eigenvalue weighted by atomic mass is 9.79. The van der Waals surface area contributed by atoms with Gasteiger partial charge in [-0.2, -0.15) is 0 Å². The van der Waals surface area contributed by atoms with Crippen molar-refractivity contribution >= 4 is 0 Å². The molecule has 2 aliphatic rings. The van der Waals surface area contributed by atoms with Crippen molar-refractivity contribution in [2.45, 2.75) is 46.1 Å². The molecule has 1 nitrogen and oxygen atoms in total. The highest BCUT2D eigenvalue weighted by Gasteiger charge is 2.60. The van der Waals surface area contributed by atoms with E-state index in [1.807, 2.05) is 0 Å². The highest BCUT2D eigenvalue weighted by atomic mass is 16.3. The van der Waals surface area contributed by atoms with Gasteiger partial charge in [-0.1, -0.05) is 27.7 Å². The molecular weight excluding hydrogens is 160 g/mol. The fourth-order valence-electron chi connectivity index (χ4n) is 3.06. The van der Waals surface area contributed by atoms with Crippen LogP contribution in [-0.4, -0.2) is 10.7 Å². The molecule has 4 unspecified atom stereocenters. The van der Waals surface area contributed by atoms with Gasteiger partial charge >= 0.3 is 0 Å². The van der Waals surface area contributed by atoms with E-state index >= 15 is 0 Å². The van der Waals surface area contributed by atoms with Crippen molar-refractivity contribution in [1.29, 1.82) is 0 Å². The summed E-state index contributed by atoms with van der Waals surface area (Å²) in [7, 11) is 0. The summed E-state index contributed by atoms with van der Waals surface area (Å²) in [6.07, 6.45) is 2.50. The molecule has 0 bridgehead atoms. The molecule has 0 aliphatic heterocycles. The van der Waals surface area contributed by atoms with Gasteiger partial charge in [0.15, 0.2) is 0 Å². The van der Waals surface area contributed by atoms with Crippen LogP contribution in [0.4, 0.5) is 0 Å². The molecule has 0 aromatic carbocycles. The zero-order valence-corrected chi connectivity index (χ0v) is 9.25. The number of hydrogen-bond acceptors (Lipinski definition) is 1. The van der Waals surface area contributed by atoms with Gasteiger partial charge < -0.3 is 5.11 Å². The van der Waals surface area contributed by atoms with E-state index in [0.29, 0.717) is 17.8 Å². The van der Waals surface area contributed by atoms with Crippen LogP contribution >= 0.6 is 0 Å². The van der Waals surface area contributed by atoms with Gasteiger partial charge in [-0.3, -0.25) is 0 Å². The number of hydrogen-bond donors (Lipinski definition) is 1. The molecule has 2 fully saturated rings. The average molecular weight is 182 g/mol. The van der Waals surface area contributed by atoms with Crippen molar-refractivity contribution < 1.29 is 5.11 Å². The van der Waals surface area contributed by atoms with Crippen LogP contribution in [0.1, 0.15) is 40.5 Å². The average Bonchev–Trinajstić information content (AvgIpc) is 2.89. The Hall–Kier alpha value is -0.0400. The van der Waals surface area contributed by atoms with Crippen LogP contribution in [0.2, 0.25) is 0 Å². The first-order chi connectivity index (χ1) is 5.98. The fourth-order valence-corrected chi connectivity index (χ4v) is 3.06. The van der Waals surface area contributed by atoms with Crippen molar-refractivity contribution in [3.8, 4) is 0 Å². The van der Waals surface area contributed by atoms with Gasteiger partial charge in [-0.15, -0.1) is 0 Å². The Morgan fingerprint density at radius 3 is 1.54 bits per heavy atom. The van der Waals surface area contributed by atoms with Gasteiger partial charge in [-0.25, -0.2) is 0 Å². The monoisotopic (exact) mass is 182 g/mol. The predicted molar refractivity (Wildman–Crippen MR) is 54.3 cm³/mol. The molecule has 2 saturated carbocycles. The van der Waals surface area contributed by atoms with Crippen molar-refractivity contribution in [2.24, 2.45) is 29.6 Å². The smallest absolute Gasteiger partial charge is 0.0731 e. The van der Waals surface area contributed by atoms with Gasteiger partial charge in [0.1, 0.15) is 0 Å². The van der Waals surface area contributed by atoms with Gasteiger partial charge in [0.05, 0.1) is 5.60 Å². The minimum absolute atomic E-state index is 0.334. The van der Waals surface area contributed by atoms with Crippen LogP contribution in [-0.2, 0) is 0 Å². The van der Waals surface area contributed by atoms with E-state index in [9.17, 15) is 5.11 Å². The van der Waals surface area contributed by atoms with Gasteiger partial charge in [0.2, 0.25) is 0 Å². The van der Waals surface area contributed by atoms with E-state index in [4.69, 9.17) is 0 Å². The first-order valence-corrected chi connectivity index (χ1v) is 5.70. The van der Waals surface area contributed by atoms with E-state index < -0.39 is 0 Å². The maximum atomic E-state index is 10.7. The fraction of sp³-hybridized carbons (Fsp3) is 1.00. The second-order valence-corrected chi connectivity index (χ2v) is 5.68. The Bertz CT molecular complexity index is 193. The first kappa shape index (κ1) is 9.51. The van der Waals surface area contributed by atoms with Crippen LogP contribution in [0.15, 0.2) is 0 Å². The zero-order chi connectivity index (χ0) is 9.80. The van der Waals surface area contributed by atoms with E-state index in [-0.39, 0.29) is 5.60 Å². The largest absolute Gasteiger partial charge is 0.389 e. The summed E-state index contributed by atoms with van der Waals surface area (Å²) >= 11 is 0. The van der Waals surface area contributed by atoms with E-state index in [1.54, 1.807) is 0 Å². The van der Waals surface area contributed by atoms with Gasteiger partial charge in [0.25, 0.3) is 0 Å². The van der Waals surface area contributed by atoms with Crippen molar-refractivity contribution in [2.75, 3.05) is 0 Å². The number of aliphatic hydroxyl groups is 1. The molecule has 0 aromatic heterocycles. The summed E-state index contributed by atoms with van der Waals surface area (Å²) in [6, 6.07) is 0. The predicted octanol–water partition coefficient (Wildman–Crippen LogP) is 2.69. The van der Waals surface area contributed by atoms with E-state index in [0.717, 1.165) is 11.8 Å². The number of rotatable bonds is 3. The highest BCUT2D eigenvalue weighted by Crippen LogP contribution is 2.60. The molecule has 0 radical (unpaired) electrons. The second-order valence-electron chi connectivity index (χ2n) is 5.68. The first-order valence-electron chi connectivity index (χ1n) is 5.70. The van der Waals surface area contributed by atoms with Crippen LogP contribution < -0.4 is 0 Å². The molecule has 13 heavy (non-hydrogen) atoms. The van der Waals surface area contributed by atoms with Crippen LogP contribution in [0.3, 0.4) is 0 Å². The molecule has 2 aliphatic carbocycles. The maximum Gasteiger partial charge on any atom is 0.0731 e. The summed E-state index contributed by atoms with van der Waals surface area (Å²) in [6.45, 7) is 8.89. The highest BCUT2D eigenvalue weighted by molar-refractivity contribution is 5.10. The third kappa shape index (κ3) is 1.32. The molecule has 2 rings (SSSR count). The Balaban J connectivity index is 2.11. The molecule has 76 valence electrons. The lowest BCUT2D eigenvalue weighted by Gasteiger charge is -2.33. The Kier molecular flexibility index (Phi) is 1.99. The topological polar surface area (TPSA) is 20.2 Å². The molecule has 1 N–H and O–H groups in total. The Labute approximate surface area is 81.5 Å². The summed E-state index contributed by atoms with van der Waals surface area (Å²) in [4.78, 5) is 0. The Morgan fingerprint density at radius 2 is 1.38 bits per heavy atom. The molecule has 0 spiro atoms. The zero-order valence-electron chi connectivity index (χ0n) is 9.25. The normalized spacial score (nSPS) is 47.5. The quantitative estimate of drug-likeness (QED) is 0.711. The van der Waals surface area contributed by atoms with Gasteiger partial charge in [-0.05, 0) is 42.4 Å². The maximum absolute atomic E-state index is 10.7. The minimum atomic E-state index is -0.334. The summed E-state index contributed by atoms with van der Waals surface area (Å²) in [5.41, 5.74) is -0.334. The van der Waals surface area contributed by atoms with Crippen molar-refractivity contribution in [3.05, 3.63) is 0 Å². The Morgan fingerprint density at radius 1 is 1.08 bits per heavy atom. The summed E-state index contributed by atoms with van der Waals surface area (Å²) in [5, 5.41) is 10.7. The second kappa shape index (κ2) is 2.73. The molecule has 4 atom stereocenters. The third-order valence-electron chi connectivity index (χ3n) is 4.33. The lowest BCUT2D eigenvalue weighted by Crippen LogP contribution is -2.41.